The van der Waals surface area contributed by atoms with Crippen LogP contribution in [0.1, 0.15) is 31.2 Å². The van der Waals surface area contributed by atoms with Crippen molar-refractivity contribution in [2.75, 3.05) is 5.32 Å². The summed E-state index contributed by atoms with van der Waals surface area (Å²) in [5.74, 6) is 0.214. The summed E-state index contributed by atoms with van der Waals surface area (Å²) in [6, 6.07) is 6.24. The van der Waals surface area contributed by atoms with Gasteiger partial charge in [0, 0.05) is 4.90 Å². The molecule has 84 valence electrons. The van der Waals surface area contributed by atoms with Crippen molar-refractivity contribution in [3.05, 3.63) is 23.8 Å². The number of thioether (sulfide) groups is 1. The molecule has 1 aliphatic carbocycles. The predicted molar refractivity (Wildman–Crippen MR) is 66.9 cm³/mol. The molecule has 16 heavy (non-hydrogen) atoms. The van der Waals surface area contributed by atoms with Crippen molar-refractivity contribution >= 4 is 23.4 Å². The van der Waals surface area contributed by atoms with Crippen LogP contribution >= 0.6 is 11.8 Å². The Morgan fingerprint density at radius 3 is 2.81 bits per heavy atom. The molecular weight excluding hydrogens is 218 g/mol. The Balaban J connectivity index is 2.02. The van der Waals surface area contributed by atoms with Crippen molar-refractivity contribution in [3.63, 3.8) is 0 Å². The van der Waals surface area contributed by atoms with Crippen molar-refractivity contribution in [3.8, 4) is 0 Å². The maximum Gasteiger partial charge on any atom is 0.241 e. The van der Waals surface area contributed by atoms with Crippen molar-refractivity contribution in [2.45, 2.75) is 42.2 Å². The first kappa shape index (κ1) is 10.2. The van der Waals surface area contributed by atoms with Crippen molar-refractivity contribution in [2.24, 2.45) is 0 Å². The van der Waals surface area contributed by atoms with Crippen LogP contribution in [0.4, 0.5) is 5.69 Å². The van der Waals surface area contributed by atoms with E-state index in [4.69, 9.17) is 0 Å². The summed E-state index contributed by atoms with van der Waals surface area (Å²) in [4.78, 5) is 13.4. The Hall–Kier alpha value is -0.960. The van der Waals surface area contributed by atoms with Gasteiger partial charge in [0.2, 0.25) is 5.91 Å². The number of benzene rings is 1. The summed E-state index contributed by atoms with van der Waals surface area (Å²) in [5, 5.41) is 3.06. The normalized spacial score (nSPS) is 21.9. The van der Waals surface area contributed by atoms with Gasteiger partial charge in [-0.3, -0.25) is 4.79 Å². The smallest absolute Gasteiger partial charge is 0.241 e. The van der Waals surface area contributed by atoms with E-state index in [1.54, 1.807) is 11.8 Å². The minimum Gasteiger partial charge on any atom is -0.324 e. The van der Waals surface area contributed by atoms with E-state index in [-0.39, 0.29) is 10.7 Å². The van der Waals surface area contributed by atoms with Gasteiger partial charge in [-0.1, -0.05) is 18.9 Å². The Bertz CT molecular complexity index is 449. The number of fused-ring (bicyclic) bond motifs is 1. The molecule has 1 saturated carbocycles. The van der Waals surface area contributed by atoms with Crippen molar-refractivity contribution < 1.29 is 4.79 Å². The molecule has 1 N–H and O–H groups in total. The highest BCUT2D eigenvalue weighted by atomic mass is 32.2. The van der Waals surface area contributed by atoms with E-state index in [9.17, 15) is 4.79 Å². The molecule has 2 nitrogen and oxygen atoms in total. The molecule has 0 atom stereocenters. The van der Waals surface area contributed by atoms with E-state index < -0.39 is 0 Å². The van der Waals surface area contributed by atoms with Crippen LogP contribution in [-0.2, 0) is 4.79 Å². The first-order valence-electron chi connectivity index (χ1n) is 5.81. The number of hydrogen-bond donors (Lipinski definition) is 1. The molecule has 0 saturated heterocycles. The van der Waals surface area contributed by atoms with Crippen LogP contribution < -0.4 is 5.32 Å². The molecule has 1 aromatic rings. The SMILES string of the molecule is Cc1ccc2c(c1)SC1(CCCC1)C(=O)N2. The molecule has 1 fully saturated rings. The quantitative estimate of drug-likeness (QED) is 0.744. The summed E-state index contributed by atoms with van der Waals surface area (Å²) in [6.45, 7) is 2.10. The zero-order valence-corrected chi connectivity index (χ0v) is 10.2. The third-order valence-electron chi connectivity index (χ3n) is 3.52. The van der Waals surface area contributed by atoms with Gasteiger partial charge in [0.1, 0.15) is 0 Å². The van der Waals surface area contributed by atoms with E-state index >= 15 is 0 Å². The number of nitrogens with one attached hydrogen (secondary N) is 1. The largest absolute Gasteiger partial charge is 0.324 e. The van der Waals surface area contributed by atoms with Gasteiger partial charge >= 0.3 is 0 Å². The predicted octanol–water partition coefficient (Wildman–Crippen LogP) is 3.35. The number of hydrogen-bond acceptors (Lipinski definition) is 2. The monoisotopic (exact) mass is 233 g/mol. The molecule has 1 amide bonds. The number of carbonyl (C=O) groups is 1. The lowest BCUT2D eigenvalue weighted by atomic mass is 10.1. The Labute approximate surface area is 99.8 Å². The average Bonchev–Trinajstić information content (AvgIpc) is 2.70. The second kappa shape index (κ2) is 3.52. The van der Waals surface area contributed by atoms with Gasteiger partial charge in [-0.15, -0.1) is 11.8 Å². The van der Waals surface area contributed by atoms with Crippen molar-refractivity contribution in [1.29, 1.82) is 0 Å². The molecule has 3 rings (SSSR count). The summed E-state index contributed by atoms with van der Waals surface area (Å²) >= 11 is 1.78. The molecule has 0 radical (unpaired) electrons. The number of aryl methyl sites for hydroxylation is 1. The third-order valence-corrected chi connectivity index (χ3v) is 5.06. The molecule has 1 aliphatic heterocycles. The van der Waals surface area contributed by atoms with Crippen molar-refractivity contribution in [1.82, 2.24) is 0 Å². The Morgan fingerprint density at radius 2 is 2.06 bits per heavy atom. The minimum absolute atomic E-state index is 0.166. The van der Waals surface area contributed by atoms with Gasteiger partial charge in [0.05, 0.1) is 10.4 Å². The van der Waals surface area contributed by atoms with Crippen LogP contribution in [0.3, 0.4) is 0 Å². The lowest BCUT2D eigenvalue weighted by Crippen LogP contribution is -2.40. The zero-order chi connectivity index (χ0) is 11.2. The second-order valence-corrected chi connectivity index (χ2v) is 6.18. The van der Waals surface area contributed by atoms with E-state index in [1.807, 2.05) is 12.1 Å². The average molecular weight is 233 g/mol. The number of carbonyl (C=O) groups excluding carboxylic acids is 1. The molecule has 0 aromatic heterocycles. The molecule has 1 heterocycles. The third kappa shape index (κ3) is 1.46. The summed E-state index contributed by atoms with van der Waals surface area (Å²) < 4.78 is -0.166. The topological polar surface area (TPSA) is 29.1 Å². The summed E-state index contributed by atoms with van der Waals surface area (Å²) in [6.07, 6.45) is 4.41. The first-order chi connectivity index (χ1) is 7.70. The molecule has 1 spiro atoms. The number of anilines is 1. The molecule has 0 bridgehead atoms. The Kier molecular flexibility index (Phi) is 2.25. The Morgan fingerprint density at radius 1 is 1.31 bits per heavy atom. The minimum atomic E-state index is -0.166. The van der Waals surface area contributed by atoms with Gasteiger partial charge in [-0.25, -0.2) is 0 Å². The summed E-state index contributed by atoms with van der Waals surface area (Å²) in [7, 11) is 0. The van der Waals surface area contributed by atoms with Gasteiger partial charge < -0.3 is 5.32 Å². The lowest BCUT2D eigenvalue weighted by Gasteiger charge is -2.32. The molecule has 1 aromatic carbocycles. The van der Waals surface area contributed by atoms with Gasteiger partial charge in [0.25, 0.3) is 0 Å². The van der Waals surface area contributed by atoms with E-state index in [2.05, 4.69) is 18.3 Å². The lowest BCUT2D eigenvalue weighted by molar-refractivity contribution is -0.118. The molecule has 0 unspecified atom stereocenters. The first-order valence-corrected chi connectivity index (χ1v) is 6.62. The van der Waals surface area contributed by atoms with Crippen LogP contribution in [0, 0.1) is 6.92 Å². The molecular formula is C13H15NOS. The molecule has 3 heteroatoms. The van der Waals surface area contributed by atoms with E-state index in [0.29, 0.717) is 0 Å². The van der Waals surface area contributed by atoms with E-state index in [0.717, 1.165) is 18.5 Å². The highest BCUT2D eigenvalue weighted by Crippen LogP contribution is 2.50. The summed E-state index contributed by atoms with van der Waals surface area (Å²) in [5.41, 5.74) is 2.24. The van der Waals surface area contributed by atoms with Gasteiger partial charge in [-0.05, 0) is 37.5 Å². The number of amides is 1. The fourth-order valence-corrected chi connectivity index (χ4v) is 4.12. The highest BCUT2D eigenvalue weighted by Gasteiger charge is 2.45. The number of rotatable bonds is 0. The van der Waals surface area contributed by atoms with Gasteiger partial charge in [0.15, 0.2) is 0 Å². The standard InChI is InChI=1S/C13H15NOS/c1-9-4-5-10-11(8-9)16-13(12(15)14-10)6-2-3-7-13/h4-5,8H,2-3,6-7H2,1H3,(H,14,15). The fraction of sp³-hybridized carbons (Fsp3) is 0.462. The molecule has 2 aliphatic rings. The van der Waals surface area contributed by atoms with Crippen LogP contribution in [-0.4, -0.2) is 10.7 Å². The zero-order valence-electron chi connectivity index (χ0n) is 9.38. The van der Waals surface area contributed by atoms with Crippen LogP contribution in [0.15, 0.2) is 23.1 Å². The van der Waals surface area contributed by atoms with Crippen LogP contribution in [0.25, 0.3) is 0 Å². The maximum atomic E-state index is 12.1. The highest BCUT2D eigenvalue weighted by molar-refractivity contribution is 8.01. The van der Waals surface area contributed by atoms with Gasteiger partial charge in [-0.2, -0.15) is 0 Å². The van der Waals surface area contributed by atoms with Crippen LogP contribution in [0.5, 0.6) is 0 Å². The maximum absolute atomic E-state index is 12.1. The van der Waals surface area contributed by atoms with E-state index in [1.165, 1.54) is 23.3 Å². The second-order valence-electron chi connectivity index (χ2n) is 4.76. The fourth-order valence-electron chi connectivity index (χ4n) is 2.59. The van der Waals surface area contributed by atoms with Crippen LogP contribution in [0.2, 0.25) is 0 Å².